The van der Waals surface area contributed by atoms with E-state index in [0.29, 0.717) is 25.1 Å². The average Bonchev–Trinajstić information content (AvgIpc) is 2.46. The Hall–Kier alpha value is -1.56. The minimum atomic E-state index is -4.12. The van der Waals surface area contributed by atoms with Crippen molar-refractivity contribution < 1.29 is 22.7 Å². The van der Waals surface area contributed by atoms with Gasteiger partial charge in [-0.25, -0.2) is 4.79 Å². The van der Waals surface area contributed by atoms with Gasteiger partial charge in [0.05, 0.1) is 19.1 Å². The number of carbonyl (C=O) groups is 1. The molecule has 0 heterocycles. The summed E-state index contributed by atoms with van der Waals surface area (Å²) in [5.41, 5.74) is 1.44. The van der Waals surface area contributed by atoms with Gasteiger partial charge in [-0.15, -0.1) is 0 Å². The van der Waals surface area contributed by atoms with Crippen molar-refractivity contribution in [1.29, 1.82) is 0 Å². The topological polar surface area (TPSA) is 29.5 Å². The average molecular weight is 303 g/mol. The summed E-state index contributed by atoms with van der Waals surface area (Å²) >= 11 is 0. The van der Waals surface area contributed by atoms with Crippen LogP contribution in [0.3, 0.4) is 0 Å². The van der Waals surface area contributed by atoms with Crippen LogP contribution in [-0.2, 0) is 11.2 Å². The second kappa shape index (κ2) is 8.02. The van der Waals surface area contributed by atoms with Crippen LogP contribution in [0.2, 0.25) is 0 Å². The van der Waals surface area contributed by atoms with Gasteiger partial charge in [-0.1, -0.05) is 19.1 Å². The molecule has 0 N–H and O–H groups in total. The Bertz CT molecular complexity index is 443. The molecule has 21 heavy (non-hydrogen) atoms. The van der Waals surface area contributed by atoms with Crippen LogP contribution in [0.25, 0.3) is 0 Å². The first-order valence-electron chi connectivity index (χ1n) is 6.82. The number of carbonyl (C=O) groups excluding carboxylic acids is 1. The largest absolute Gasteiger partial charge is 0.465 e. The molecule has 0 radical (unpaired) electrons. The molecule has 0 aliphatic heterocycles. The van der Waals surface area contributed by atoms with Crippen LogP contribution < -0.4 is 0 Å². The summed E-state index contributed by atoms with van der Waals surface area (Å²) in [6, 6.07) is 6.91. The van der Waals surface area contributed by atoms with E-state index in [9.17, 15) is 18.0 Å². The lowest BCUT2D eigenvalue weighted by molar-refractivity contribution is -0.137. The van der Waals surface area contributed by atoms with Crippen LogP contribution in [0, 0.1) is 0 Å². The number of ether oxygens (including phenoxy) is 1. The minimum Gasteiger partial charge on any atom is -0.465 e. The molecule has 0 saturated heterocycles. The molecule has 1 aromatic rings. The molecule has 0 saturated carbocycles. The van der Waals surface area contributed by atoms with E-state index in [4.69, 9.17) is 0 Å². The summed E-state index contributed by atoms with van der Waals surface area (Å²) in [5.74, 6) is -0.401. The fraction of sp³-hybridized carbons (Fsp3) is 0.533. The van der Waals surface area contributed by atoms with Gasteiger partial charge in [-0.05, 0) is 30.7 Å². The highest BCUT2D eigenvalue weighted by Gasteiger charge is 2.27. The summed E-state index contributed by atoms with van der Waals surface area (Å²) in [6.45, 7) is 3.00. The fourth-order valence-corrected chi connectivity index (χ4v) is 1.93. The molecule has 0 aromatic heterocycles. The molecule has 1 aromatic carbocycles. The maximum Gasteiger partial charge on any atom is 0.390 e. The first kappa shape index (κ1) is 17.5. The van der Waals surface area contributed by atoms with Crippen molar-refractivity contribution in [3.8, 4) is 0 Å². The number of nitrogens with zero attached hydrogens (tertiary/aromatic N) is 1. The smallest absolute Gasteiger partial charge is 0.390 e. The second-order valence-electron chi connectivity index (χ2n) is 4.74. The predicted molar refractivity (Wildman–Crippen MR) is 74.3 cm³/mol. The highest BCUT2D eigenvalue weighted by molar-refractivity contribution is 5.89. The van der Waals surface area contributed by atoms with Crippen molar-refractivity contribution in [2.45, 2.75) is 25.9 Å². The van der Waals surface area contributed by atoms with Crippen LogP contribution >= 0.6 is 0 Å². The molecule has 0 atom stereocenters. The monoisotopic (exact) mass is 303 g/mol. The molecular formula is C15H20F3NO2. The number of hydrogen-bond donors (Lipinski definition) is 0. The van der Waals surface area contributed by atoms with E-state index in [-0.39, 0.29) is 6.54 Å². The molecule has 6 heteroatoms. The van der Waals surface area contributed by atoms with Gasteiger partial charge >= 0.3 is 12.1 Å². The minimum absolute atomic E-state index is 0.0141. The summed E-state index contributed by atoms with van der Waals surface area (Å²) in [6.07, 6.45) is -4.26. The second-order valence-corrected chi connectivity index (χ2v) is 4.74. The molecule has 0 amide bonds. The maximum atomic E-state index is 12.2. The van der Waals surface area contributed by atoms with Crippen molar-refractivity contribution in [3.05, 3.63) is 35.4 Å². The van der Waals surface area contributed by atoms with E-state index in [1.54, 1.807) is 29.2 Å². The number of rotatable bonds is 7. The van der Waals surface area contributed by atoms with E-state index in [2.05, 4.69) is 4.74 Å². The molecule has 3 nitrogen and oxygen atoms in total. The van der Waals surface area contributed by atoms with Gasteiger partial charge < -0.3 is 9.64 Å². The summed E-state index contributed by atoms with van der Waals surface area (Å²) < 4.78 is 41.2. The standard InChI is InChI=1S/C15H20F3NO2/c1-3-19(11-9-15(16,17)18)10-8-12-4-6-13(7-5-12)14(20)21-2/h4-7H,3,8-11H2,1-2H3. The fourth-order valence-electron chi connectivity index (χ4n) is 1.93. The van der Waals surface area contributed by atoms with Gasteiger partial charge in [-0.2, -0.15) is 13.2 Å². The van der Waals surface area contributed by atoms with Crippen LogP contribution in [0.5, 0.6) is 0 Å². The zero-order valence-corrected chi connectivity index (χ0v) is 12.2. The van der Waals surface area contributed by atoms with Gasteiger partial charge in [0.25, 0.3) is 0 Å². The van der Waals surface area contributed by atoms with Crippen molar-refractivity contribution in [2.24, 2.45) is 0 Å². The summed E-state index contributed by atoms with van der Waals surface area (Å²) in [5, 5.41) is 0. The number of alkyl halides is 3. The van der Waals surface area contributed by atoms with Crippen LogP contribution in [0.1, 0.15) is 29.3 Å². The van der Waals surface area contributed by atoms with E-state index in [0.717, 1.165) is 5.56 Å². The highest BCUT2D eigenvalue weighted by atomic mass is 19.4. The molecule has 0 aliphatic carbocycles. The molecule has 0 bridgehead atoms. The third-order valence-electron chi connectivity index (χ3n) is 3.25. The summed E-state index contributed by atoms with van der Waals surface area (Å²) in [4.78, 5) is 13.0. The van der Waals surface area contributed by atoms with Gasteiger partial charge in [0.1, 0.15) is 0 Å². The third-order valence-corrected chi connectivity index (χ3v) is 3.25. The van der Waals surface area contributed by atoms with Gasteiger partial charge in [-0.3, -0.25) is 0 Å². The van der Waals surface area contributed by atoms with Crippen LogP contribution in [0.4, 0.5) is 13.2 Å². The zero-order valence-electron chi connectivity index (χ0n) is 12.2. The van der Waals surface area contributed by atoms with Gasteiger partial charge in [0.2, 0.25) is 0 Å². The predicted octanol–water partition coefficient (Wildman–Crippen LogP) is 3.29. The Morgan fingerprint density at radius 2 is 1.81 bits per heavy atom. The van der Waals surface area contributed by atoms with E-state index < -0.39 is 18.6 Å². The van der Waals surface area contributed by atoms with E-state index in [1.807, 2.05) is 6.92 Å². The Labute approximate surface area is 122 Å². The SMILES string of the molecule is CCN(CCc1ccc(C(=O)OC)cc1)CCC(F)(F)F. The van der Waals surface area contributed by atoms with Gasteiger partial charge in [0, 0.05) is 13.1 Å². The first-order valence-corrected chi connectivity index (χ1v) is 6.82. The molecular weight excluding hydrogens is 283 g/mol. The lowest BCUT2D eigenvalue weighted by Gasteiger charge is -2.21. The molecule has 0 spiro atoms. The number of likely N-dealkylation sites (N-methyl/N-ethyl adjacent to an activating group) is 1. The number of hydrogen-bond acceptors (Lipinski definition) is 3. The van der Waals surface area contributed by atoms with Crippen molar-refractivity contribution >= 4 is 5.97 Å². The highest BCUT2D eigenvalue weighted by Crippen LogP contribution is 2.19. The van der Waals surface area contributed by atoms with Crippen molar-refractivity contribution in [2.75, 3.05) is 26.7 Å². The number of benzene rings is 1. The molecule has 118 valence electrons. The van der Waals surface area contributed by atoms with E-state index >= 15 is 0 Å². The molecule has 0 fully saturated rings. The Morgan fingerprint density at radius 1 is 1.19 bits per heavy atom. The Balaban J connectivity index is 2.47. The first-order chi connectivity index (χ1) is 9.85. The number of methoxy groups -OCH3 is 1. The van der Waals surface area contributed by atoms with E-state index in [1.165, 1.54) is 7.11 Å². The lowest BCUT2D eigenvalue weighted by Crippen LogP contribution is -2.30. The molecule has 0 aliphatic rings. The zero-order chi connectivity index (χ0) is 15.9. The van der Waals surface area contributed by atoms with Crippen LogP contribution in [-0.4, -0.2) is 43.8 Å². The maximum absolute atomic E-state index is 12.2. The molecule has 0 unspecified atom stereocenters. The summed E-state index contributed by atoms with van der Waals surface area (Å²) in [7, 11) is 1.32. The normalized spacial score (nSPS) is 11.7. The quantitative estimate of drug-likeness (QED) is 0.724. The van der Waals surface area contributed by atoms with Crippen molar-refractivity contribution in [3.63, 3.8) is 0 Å². The Morgan fingerprint density at radius 3 is 2.29 bits per heavy atom. The Kier molecular flexibility index (Phi) is 6.68. The lowest BCUT2D eigenvalue weighted by atomic mass is 10.1. The van der Waals surface area contributed by atoms with Crippen LogP contribution in [0.15, 0.2) is 24.3 Å². The number of halogens is 3. The number of esters is 1. The third kappa shape index (κ3) is 6.62. The van der Waals surface area contributed by atoms with Crippen molar-refractivity contribution in [1.82, 2.24) is 4.90 Å². The van der Waals surface area contributed by atoms with Gasteiger partial charge in [0.15, 0.2) is 0 Å². The molecule has 1 rings (SSSR count).